The number of hydrogen-bond acceptors (Lipinski definition) is 4. The van der Waals surface area contributed by atoms with Crippen LogP contribution in [0.1, 0.15) is 6.42 Å². The summed E-state index contributed by atoms with van der Waals surface area (Å²) in [5, 5.41) is 5.74. The predicted molar refractivity (Wildman–Crippen MR) is 71.7 cm³/mol. The van der Waals surface area contributed by atoms with Gasteiger partial charge < -0.3 is 5.32 Å². The second kappa shape index (κ2) is 5.07. The van der Waals surface area contributed by atoms with E-state index in [-0.39, 0.29) is 18.2 Å². The van der Waals surface area contributed by atoms with Gasteiger partial charge in [0.05, 0.1) is 6.42 Å². The first kappa shape index (κ1) is 13.0. The number of amides is 2. The third kappa shape index (κ3) is 2.54. The fourth-order valence-corrected chi connectivity index (χ4v) is 2.16. The first-order valence-electron chi connectivity index (χ1n) is 5.55. The summed E-state index contributed by atoms with van der Waals surface area (Å²) in [5.41, 5.74) is 0.824. The van der Waals surface area contributed by atoms with Gasteiger partial charge in [-0.2, -0.15) is 0 Å². The highest BCUT2D eigenvalue weighted by Crippen LogP contribution is 2.20. The summed E-state index contributed by atoms with van der Waals surface area (Å²) in [6.45, 7) is 0. The molecule has 0 saturated carbocycles. The summed E-state index contributed by atoms with van der Waals surface area (Å²) in [5.74, 6) is -0.396. The van der Waals surface area contributed by atoms with Gasteiger partial charge in [-0.1, -0.05) is 15.9 Å². The molecule has 1 aromatic rings. The Labute approximate surface area is 114 Å². The normalized spacial score (nSPS) is 19.8. The SMILES string of the molecule is CN(C)N1C(=O)CC(Nc2ccc(Br)cc2)C1=O. The highest BCUT2D eigenvalue weighted by molar-refractivity contribution is 9.10. The molecular weight excluding hydrogens is 298 g/mol. The maximum absolute atomic E-state index is 12.0. The van der Waals surface area contributed by atoms with E-state index in [0.717, 1.165) is 15.2 Å². The molecule has 1 unspecified atom stereocenters. The Morgan fingerprint density at radius 1 is 1.28 bits per heavy atom. The minimum atomic E-state index is -0.485. The lowest BCUT2D eigenvalue weighted by atomic mass is 10.2. The van der Waals surface area contributed by atoms with E-state index in [0.29, 0.717) is 0 Å². The molecule has 1 saturated heterocycles. The first-order chi connectivity index (χ1) is 8.49. The molecule has 0 aromatic heterocycles. The highest BCUT2D eigenvalue weighted by atomic mass is 79.9. The molecule has 0 spiro atoms. The number of carbonyl (C=O) groups excluding carboxylic acids is 2. The molecule has 18 heavy (non-hydrogen) atoms. The van der Waals surface area contributed by atoms with Crippen molar-refractivity contribution >= 4 is 33.4 Å². The Balaban J connectivity index is 2.10. The van der Waals surface area contributed by atoms with E-state index in [9.17, 15) is 9.59 Å². The summed E-state index contributed by atoms with van der Waals surface area (Å²) >= 11 is 3.34. The molecule has 96 valence electrons. The van der Waals surface area contributed by atoms with Crippen molar-refractivity contribution in [2.45, 2.75) is 12.5 Å². The minimum absolute atomic E-state index is 0.181. The van der Waals surface area contributed by atoms with Gasteiger partial charge in [0.25, 0.3) is 5.91 Å². The minimum Gasteiger partial charge on any atom is -0.373 e. The fourth-order valence-electron chi connectivity index (χ4n) is 1.90. The lowest BCUT2D eigenvalue weighted by Crippen LogP contribution is -2.43. The lowest BCUT2D eigenvalue weighted by molar-refractivity contribution is -0.152. The quantitative estimate of drug-likeness (QED) is 0.859. The molecule has 1 N–H and O–H groups in total. The second-order valence-electron chi connectivity index (χ2n) is 4.30. The number of imide groups is 1. The first-order valence-corrected chi connectivity index (χ1v) is 6.34. The van der Waals surface area contributed by atoms with Crippen LogP contribution in [-0.2, 0) is 9.59 Å². The van der Waals surface area contributed by atoms with Crippen LogP contribution in [0.3, 0.4) is 0 Å². The molecule has 2 amide bonds. The summed E-state index contributed by atoms with van der Waals surface area (Å²) < 4.78 is 0.969. The van der Waals surface area contributed by atoms with Crippen molar-refractivity contribution in [3.63, 3.8) is 0 Å². The molecule has 6 heteroatoms. The Morgan fingerprint density at radius 2 is 1.89 bits per heavy atom. The number of nitrogens with one attached hydrogen (secondary N) is 1. The van der Waals surface area contributed by atoms with Crippen molar-refractivity contribution < 1.29 is 9.59 Å². The van der Waals surface area contributed by atoms with E-state index in [2.05, 4.69) is 21.2 Å². The summed E-state index contributed by atoms with van der Waals surface area (Å²) in [4.78, 5) is 23.7. The molecule has 5 nitrogen and oxygen atoms in total. The fraction of sp³-hybridized carbons (Fsp3) is 0.333. The third-order valence-electron chi connectivity index (χ3n) is 2.71. The van der Waals surface area contributed by atoms with Crippen LogP contribution in [0.15, 0.2) is 28.7 Å². The van der Waals surface area contributed by atoms with Gasteiger partial charge in [0.15, 0.2) is 0 Å². The molecule has 0 aliphatic carbocycles. The van der Waals surface area contributed by atoms with Crippen LogP contribution in [0.4, 0.5) is 5.69 Å². The zero-order valence-corrected chi connectivity index (χ0v) is 11.8. The Bertz CT molecular complexity index is 473. The van der Waals surface area contributed by atoms with E-state index in [1.54, 1.807) is 14.1 Å². The van der Waals surface area contributed by atoms with Crippen molar-refractivity contribution in [1.82, 2.24) is 10.0 Å². The molecule has 2 rings (SSSR count). The van der Waals surface area contributed by atoms with Crippen molar-refractivity contribution in [1.29, 1.82) is 0 Å². The van der Waals surface area contributed by atoms with Crippen LogP contribution >= 0.6 is 15.9 Å². The van der Waals surface area contributed by atoms with Crippen molar-refractivity contribution in [3.05, 3.63) is 28.7 Å². The van der Waals surface area contributed by atoms with Crippen molar-refractivity contribution in [3.8, 4) is 0 Å². The van der Waals surface area contributed by atoms with Crippen LogP contribution in [0.2, 0.25) is 0 Å². The Hall–Kier alpha value is -1.40. The monoisotopic (exact) mass is 311 g/mol. The van der Waals surface area contributed by atoms with Crippen LogP contribution in [-0.4, -0.2) is 42.0 Å². The predicted octanol–water partition coefficient (Wildman–Crippen LogP) is 1.47. The van der Waals surface area contributed by atoms with Gasteiger partial charge in [0.2, 0.25) is 5.91 Å². The molecule has 0 radical (unpaired) electrons. The van der Waals surface area contributed by atoms with Gasteiger partial charge in [-0.3, -0.25) is 9.59 Å². The summed E-state index contributed by atoms with van der Waals surface area (Å²) in [6, 6.07) is 7.00. The smallest absolute Gasteiger partial charge is 0.266 e. The average Bonchev–Trinajstić information content (AvgIpc) is 2.57. The summed E-state index contributed by atoms with van der Waals surface area (Å²) in [6.07, 6.45) is 0.188. The lowest BCUT2D eigenvalue weighted by Gasteiger charge is -2.22. The van der Waals surface area contributed by atoms with Gasteiger partial charge in [-0.05, 0) is 24.3 Å². The third-order valence-corrected chi connectivity index (χ3v) is 3.24. The molecule has 0 bridgehead atoms. The molecule has 1 aliphatic heterocycles. The number of anilines is 1. The van der Waals surface area contributed by atoms with Crippen molar-refractivity contribution in [2.75, 3.05) is 19.4 Å². The molecular formula is C12H14BrN3O2. The maximum Gasteiger partial charge on any atom is 0.266 e. The molecule has 1 aliphatic rings. The molecule has 1 atom stereocenters. The standard InChI is InChI=1S/C12H14BrN3O2/c1-15(2)16-11(17)7-10(12(16)18)14-9-5-3-8(13)4-6-9/h3-6,10,14H,7H2,1-2H3. The molecule has 1 aromatic carbocycles. The van der Waals surface area contributed by atoms with E-state index in [4.69, 9.17) is 0 Å². The van der Waals surface area contributed by atoms with Crippen LogP contribution < -0.4 is 5.32 Å². The largest absolute Gasteiger partial charge is 0.373 e. The van der Waals surface area contributed by atoms with Gasteiger partial charge in [-0.15, -0.1) is 0 Å². The number of hydrogen-bond donors (Lipinski definition) is 1. The summed E-state index contributed by atoms with van der Waals surface area (Å²) in [7, 11) is 3.36. The Morgan fingerprint density at radius 3 is 2.39 bits per heavy atom. The van der Waals surface area contributed by atoms with Crippen LogP contribution in [0, 0.1) is 0 Å². The topological polar surface area (TPSA) is 52.6 Å². The number of carbonyl (C=O) groups is 2. The van der Waals surface area contributed by atoms with E-state index >= 15 is 0 Å². The number of nitrogens with zero attached hydrogens (tertiary/aromatic N) is 2. The number of rotatable bonds is 3. The number of benzene rings is 1. The highest BCUT2D eigenvalue weighted by Gasteiger charge is 2.39. The Kier molecular flexibility index (Phi) is 3.68. The van der Waals surface area contributed by atoms with Gasteiger partial charge in [0, 0.05) is 24.3 Å². The van der Waals surface area contributed by atoms with Gasteiger partial charge in [-0.25, -0.2) is 10.0 Å². The molecule has 1 heterocycles. The zero-order valence-electron chi connectivity index (χ0n) is 10.2. The zero-order chi connectivity index (χ0) is 13.3. The number of hydrazine groups is 1. The van der Waals surface area contributed by atoms with Crippen molar-refractivity contribution in [2.24, 2.45) is 0 Å². The van der Waals surface area contributed by atoms with E-state index < -0.39 is 6.04 Å². The van der Waals surface area contributed by atoms with Crippen LogP contribution in [0.25, 0.3) is 0 Å². The number of halogens is 1. The average molecular weight is 312 g/mol. The second-order valence-corrected chi connectivity index (χ2v) is 5.21. The maximum atomic E-state index is 12.0. The van der Waals surface area contributed by atoms with Crippen LogP contribution in [0.5, 0.6) is 0 Å². The molecule has 1 fully saturated rings. The van der Waals surface area contributed by atoms with E-state index in [1.807, 2.05) is 24.3 Å². The van der Waals surface area contributed by atoms with Gasteiger partial charge >= 0.3 is 0 Å². The van der Waals surface area contributed by atoms with E-state index in [1.165, 1.54) is 5.01 Å². The van der Waals surface area contributed by atoms with Gasteiger partial charge in [0.1, 0.15) is 6.04 Å².